The van der Waals surface area contributed by atoms with Crippen LogP contribution in [0.15, 0.2) is 48.0 Å². The third-order valence-corrected chi connectivity index (χ3v) is 7.06. The van der Waals surface area contributed by atoms with E-state index in [1.165, 1.54) is 0 Å². The number of hydrogen-bond acceptors (Lipinski definition) is 8. The molecule has 2 aromatic rings. The van der Waals surface area contributed by atoms with E-state index in [2.05, 4.69) is 11.8 Å². The Balaban J connectivity index is 1.72. The Morgan fingerprint density at radius 1 is 1.05 bits per heavy atom. The zero-order chi connectivity index (χ0) is 28.6. The van der Waals surface area contributed by atoms with Gasteiger partial charge >= 0.3 is 0 Å². The van der Waals surface area contributed by atoms with Crippen molar-refractivity contribution in [1.29, 1.82) is 0 Å². The number of unbranched alkanes of at least 4 members (excludes halogenated alkanes) is 1. The van der Waals surface area contributed by atoms with Crippen LogP contribution in [0.3, 0.4) is 0 Å². The van der Waals surface area contributed by atoms with Crippen LogP contribution in [0.1, 0.15) is 50.8 Å². The first-order valence-corrected chi connectivity index (χ1v) is 14.0. The molecule has 2 saturated heterocycles. The van der Waals surface area contributed by atoms with Gasteiger partial charge in [-0.3, -0.25) is 14.5 Å². The summed E-state index contributed by atoms with van der Waals surface area (Å²) in [5, 5.41) is 11.4. The minimum atomic E-state index is -0.786. The summed E-state index contributed by atoms with van der Waals surface area (Å²) in [5.74, 6) is 0.164. The molecule has 2 heterocycles. The monoisotopic (exact) mass is 552 g/mol. The summed E-state index contributed by atoms with van der Waals surface area (Å²) in [5.41, 5.74) is 1.13. The van der Waals surface area contributed by atoms with E-state index in [9.17, 15) is 14.7 Å². The smallest absolute Gasteiger partial charge is 0.295 e. The van der Waals surface area contributed by atoms with Gasteiger partial charge in [0.25, 0.3) is 11.7 Å². The van der Waals surface area contributed by atoms with E-state index in [1.807, 2.05) is 19.9 Å². The highest BCUT2D eigenvalue weighted by Gasteiger charge is 2.46. The highest BCUT2D eigenvalue weighted by atomic mass is 16.5. The molecule has 0 spiro atoms. The second-order valence-electron chi connectivity index (χ2n) is 10.2. The van der Waals surface area contributed by atoms with Crippen molar-refractivity contribution >= 4 is 17.4 Å². The summed E-state index contributed by atoms with van der Waals surface area (Å²) in [6, 6.07) is 11.5. The van der Waals surface area contributed by atoms with Gasteiger partial charge in [-0.25, -0.2) is 0 Å². The van der Waals surface area contributed by atoms with Gasteiger partial charge in [-0.1, -0.05) is 19.4 Å². The molecule has 4 rings (SSSR count). The van der Waals surface area contributed by atoms with Gasteiger partial charge < -0.3 is 29.0 Å². The number of amides is 1. The summed E-state index contributed by atoms with van der Waals surface area (Å²) in [6.45, 7) is 10.2. The molecule has 2 aromatic carbocycles. The first kappa shape index (κ1) is 29.4. The van der Waals surface area contributed by atoms with Crippen LogP contribution in [0.2, 0.25) is 0 Å². The molecule has 9 nitrogen and oxygen atoms in total. The number of morpholine rings is 1. The van der Waals surface area contributed by atoms with Crippen molar-refractivity contribution in [2.45, 2.75) is 45.8 Å². The zero-order valence-electron chi connectivity index (χ0n) is 23.9. The van der Waals surface area contributed by atoms with Gasteiger partial charge in [0.2, 0.25) is 0 Å². The molecular weight excluding hydrogens is 512 g/mol. The van der Waals surface area contributed by atoms with Crippen LogP contribution in [0.25, 0.3) is 5.76 Å². The van der Waals surface area contributed by atoms with Crippen LogP contribution in [-0.4, -0.2) is 85.8 Å². The van der Waals surface area contributed by atoms with Crippen molar-refractivity contribution in [2.75, 3.05) is 53.1 Å². The molecule has 2 aliphatic heterocycles. The Morgan fingerprint density at radius 3 is 2.42 bits per heavy atom. The van der Waals surface area contributed by atoms with Gasteiger partial charge in [-0.2, -0.15) is 0 Å². The second kappa shape index (κ2) is 13.7. The maximum Gasteiger partial charge on any atom is 0.295 e. The van der Waals surface area contributed by atoms with Crippen molar-refractivity contribution < 1.29 is 33.6 Å². The molecule has 0 aliphatic carbocycles. The molecule has 9 heteroatoms. The van der Waals surface area contributed by atoms with Gasteiger partial charge in [0.1, 0.15) is 11.5 Å². The number of carbonyl (C=O) groups is 2. The van der Waals surface area contributed by atoms with Crippen molar-refractivity contribution in [2.24, 2.45) is 0 Å². The number of nitrogens with zero attached hydrogens (tertiary/aromatic N) is 2. The fourth-order valence-corrected chi connectivity index (χ4v) is 4.95. The second-order valence-corrected chi connectivity index (χ2v) is 10.2. The lowest BCUT2D eigenvalue weighted by molar-refractivity contribution is -0.140. The van der Waals surface area contributed by atoms with Gasteiger partial charge in [0.05, 0.1) is 44.6 Å². The van der Waals surface area contributed by atoms with E-state index in [-0.39, 0.29) is 17.4 Å². The number of carbonyl (C=O) groups excluding carboxylic acids is 2. The maximum absolute atomic E-state index is 13.5. The van der Waals surface area contributed by atoms with E-state index >= 15 is 0 Å². The molecule has 1 N–H and O–H groups in total. The molecule has 1 amide bonds. The summed E-state index contributed by atoms with van der Waals surface area (Å²) >= 11 is 0. The van der Waals surface area contributed by atoms with Gasteiger partial charge in [-0.05, 0) is 62.2 Å². The van der Waals surface area contributed by atoms with Gasteiger partial charge in [0.15, 0.2) is 11.5 Å². The molecule has 0 radical (unpaired) electrons. The standard InChI is InChI=1S/C31H40N2O7/c1-5-6-17-39-25-12-9-23(20-26(25)37-4)28-27(29(34)22-7-10-24(11-8-22)40-21(2)3)30(35)31(36)33(28)14-13-32-15-18-38-19-16-32/h7-12,20-21,28,34H,5-6,13-19H2,1-4H3. The van der Waals surface area contributed by atoms with Crippen LogP contribution in [0, 0.1) is 0 Å². The van der Waals surface area contributed by atoms with Crippen LogP contribution in [0.5, 0.6) is 17.2 Å². The molecule has 0 saturated carbocycles. The average Bonchev–Trinajstić information content (AvgIpc) is 3.21. The first-order chi connectivity index (χ1) is 19.3. The van der Waals surface area contributed by atoms with Crippen molar-refractivity contribution in [1.82, 2.24) is 9.80 Å². The van der Waals surface area contributed by atoms with E-state index in [4.69, 9.17) is 18.9 Å². The molecule has 2 fully saturated rings. The highest BCUT2D eigenvalue weighted by Crippen LogP contribution is 2.42. The topological polar surface area (TPSA) is 97.8 Å². The predicted octanol–water partition coefficient (Wildman–Crippen LogP) is 4.42. The summed E-state index contributed by atoms with van der Waals surface area (Å²) in [4.78, 5) is 30.6. The minimum absolute atomic E-state index is 0.000132. The fourth-order valence-electron chi connectivity index (χ4n) is 4.95. The predicted molar refractivity (Wildman–Crippen MR) is 152 cm³/mol. The molecule has 0 aromatic heterocycles. The number of aliphatic hydroxyl groups is 1. The van der Waals surface area contributed by atoms with Crippen LogP contribution in [-0.2, 0) is 14.3 Å². The number of rotatable bonds is 12. The lowest BCUT2D eigenvalue weighted by Crippen LogP contribution is -2.42. The minimum Gasteiger partial charge on any atom is -0.507 e. The number of likely N-dealkylation sites (tertiary alicyclic amines) is 1. The summed E-state index contributed by atoms with van der Waals surface area (Å²) < 4.78 is 22.7. The van der Waals surface area contributed by atoms with Crippen molar-refractivity contribution in [3.63, 3.8) is 0 Å². The highest BCUT2D eigenvalue weighted by molar-refractivity contribution is 6.46. The number of ether oxygens (including phenoxy) is 4. The maximum atomic E-state index is 13.5. The third kappa shape index (κ3) is 6.77. The lowest BCUT2D eigenvalue weighted by atomic mass is 9.95. The Hall–Kier alpha value is -3.56. The normalized spacial score (nSPS) is 19.3. The van der Waals surface area contributed by atoms with E-state index in [0.717, 1.165) is 25.9 Å². The Kier molecular flexibility index (Phi) is 10.1. The Bertz CT molecular complexity index is 1200. The Morgan fingerprint density at radius 2 is 1.77 bits per heavy atom. The third-order valence-electron chi connectivity index (χ3n) is 7.06. The number of methoxy groups -OCH3 is 1. The SMILES string of the molecule is CCCCOc1ccc(C2C(=C(O)c3ccc(OC(C)C)cc3)C(=O)C(=O)N2CCN2CCOCC2)cc1OC. The summed E-state index contributed by atoms with van der Waals surface area (Å²) in [6.07, 6.45) is 1.91. The first-order valence-electron chi connectivity index (χ1n) is 14.0. The number of Topliss-reactive ketones (excluding diaryl/α,β-unsaturated/α-hetero) is 1. The average molecular weight is 553 g/mol. The molecule has 1 unspecified atom stereocenters. The number of ketones is 1. The molecule has 2 aliphatic rings. The van der Waals surface area contributed by atoms with Crippen LogP contribution < -0.4 is 14.2 Å². The van der Waals surface area contributed by atoms with Crippen molar-refractivity contribution in [3.05, 3.63) is 59.2 Å². The molecule has 40 heavy (non-hydrogen) atoms. The number of benzene rings is 2. The number of aliphatic hydroxyl groups excluding tert-OH is 1. The van der Waals surface area contributed by atoms with E-state index in [0.29, 0.717) is 61.3 Å². The molecule has 0 bridgehead atoms. The number of hydrogen-bond donors (Lipinski definition) is 1. The fraction of sp³-hybridized carbons (Fsp3) is 0.484. The molecule has 216 valence electrons. The van der Waals surface area contributed by atoms with Crippen LogP contribution >= 0.6 is 0 Å². The quantitative estimate of drug-likeness (QED) is 0.179. The van der Waals surface area contributed by atoms with Crippen molar-refractivity contribution in [3.8, 4) is 17.2 Å². The molecule has 1 atom stereocenters. The molecular formula is C31H40N2O7. The van der Waals surface area contributed by atoms with E-state index < -0.39 is 17.7 Å². The Labute approximate surface area is 236 Å². The summed E-state index contributed by atoms with van der Waals surface area (Å²) in [7, 11) is 1.56. The van der Waals surface area contributed by atoms with Gasteiger partial charge in [-0.15, -0.1) is 0 Å². The lowest BCUT2D eigenvalue weighted by Gasteiger charge is -2.31. The van der Waals surface area contributed by atoms with Crippen LogP contribution in [0.4, 0.5) is 0 Å². The van der Waals surface area contributed by atoms with E-state index in [1.54, 1.807) is 48.4 Å². The van der Waals surface area contributed by atoms with Gasteiger partial charge in [0, 0.05) is 31.7 Å². The largest absolute Gasteiger partial charge is 0.507 e. The zero-order valence-corrected chi connectivity index (χ0v) is 23.9.